The summed E-state index contributed by atoms with van der Waals surface area (Å²) in [4.78, 5) is 5.57. The molecule has 0 radical (unpaired) electrons. The van der Waals surface area contributed by atoms with Gasteiger partial charge in [0.25, 0.3) is 0 Å². The summed E-state index contributed by atoms with van der Waals surface area (Å²) >= 11 is 5.13. The van der Waals surface area contributed by atoms with Crippen molar-refractivity contribution in [2.75, 3.05) is 0 Å². The summed E-state index contributed by atoms with van der Waals surface area (Å²) in [5, 5.41) is 5.58. The van der Waals surface area contributed by atoms with Gasteiger partial charge >= 0.3 is 0 Å². The van der Waals surface area contributed by atoms with E-state index in [1.165, 1.54) is 12.8 Å². The third kappa shape index (κ3) is 2.71. The van der Waals surface area contributed by atoms with E-state index in [0.29, 0.717) is 11.9 Å². The number of ether oxygens (including phenoxy) is 1. The Balaban J connectivity index is 1.67. The monoisotopic (exact) mass is 363 g/mol. The molecular weight excluding hydrogens is 350 g/mol. The third-order valence-corrected chi connectivity index (χ3v) is 4.91. The summed E-state index contributed by atoms with van der Waals surface area (Å²) in [6, 6.07) is 8.50. The highest BCUT2D eigenvalue weighted by atomic mass is 79.9. The van der Waals surface area contributed by atoms with Gasteiger partial charge in [0.1, 0.15) is 11.4 Å². The highest BCUT2D eigenvalue weighted by molar-refractivity contribution is 9.10. The Morgan fingerprint density at radius 2 is 2.24 bits per heavy atom. The number of hydrogen-bond acceptors (Lipinski definition) is 4. The lowest BCUT2D eigenvalue weighted by molar-refractivity contribution is 0.452. The topological polar surface area (TPSA) is 38.6 Å². The van der Waals surface area contributed by atoms with Crippen LogP contribution in [0.4, 0.5) is 0 Å². The molecule has 108 valence electrons. The van der Waals surface area contributed by atoms with Gasteiger partial charge in [-0.1, -0.05) is 12.1 Å². The molecule has 0 atom stereocenters. The Kier molecular flexibility index (Phi) is 3.45. The van der Waals surface area contributed by atoms with E-state index in [4.69, 9.17) is 4.74 Å². The van der Waals surface area contributed by atoms with Crippen LogP contribution in [-0.2, 0) is 6.54 Å². The average molecular weight is 364 g/mol. The number of nitrogens with zero attached hydrogens (tertiary/aromatic N) is 2. The van der Waals surface area contributed by atoms with E-state index in [9.17, 15) is 0 Å². The molecule has 0 saturated heterocycles. The lowest BCUT2D eigenvalue weighted by atomic mass is 10.3. The summed E-state index contributed by atoms with van der Waals surface area (Å²) in [6.45, 7) is 0.780. The van der Waals surface area contributed by atoms with Gasteiger partial charge < -0.3 is 10.1 Å². The number of para-hydroxylation sites is 1. The van der Waals surface area contributed by atoms with Crippen molar-refractivity contribution in [1.29, 1.82) is 0 Å². The van der Waals surface area contributed by atoms with Crippen molar-refractivity contribution in [2.45, 2.75) is 25.4 Å². The van der Waals surface area contributed by atoms with Crippen molar-refractivity contribution in [3.05, 3.63) is 46.0 Å². The van der Waals surface area contributed by atoms with Gasteiger partial charge in [0, 0.05) is 24.2 Å². The zero-order valence-corrected chi connectivity index (χ0v) is 13.7. The number of aromatic nitrogens is 2. The largest absolute Gasteiger partial charge is 0.436 e. The molecule has 0 aliphatic heterocycles. The molecule has 0 spiro atoms. The van der Waals surface area contributed by atoms with Crippen LogP contribution in [-0.4, -0.2) is 15.4 Å². The first-order valence-electron chi connectivity index (χ1n) is 6.91. The molecule has 1 fully saturated rings. The summed E-state index contributed by atoms with van der Waals surface area (Å²) in [5.74, 6) is 1.47. The summed E-state index contributed by atoms with van der Waals surface area (Å²) in [6.07, 6.45) is 4.59. The molecule has 1 aliphatic carbocycles. The molecule has 0 amide bonds. The minimum Gasteiger partial charge on any atom is -0.436 e. The molecule has 6 heteroatoms. The molecule has 1 aromatic carbocycles. The Morgan fingerprint density at radius 3 is 3.05 bits per heavy atom. The van der Waals surface area contributed by atoms with Gasteiger partial charge in [-0.05, 0) is 40.9 Å². The lowest BCUT2D eigenvalue weighted by Gasteiger charge is -2.08. The van der Waals surface area contributed by atoms with Crippen molar-refractivity contribution in [3.63, 3.8) is 0 Å². The van der Waals surface area contributed by atoms with E-state index in [2.05, 4.69) is 30.6 Å². The minimum atomic E-state index is 0.658. The maximum atomic E-state index is 6.02. The molecule has 4 rings (SSSR count). The molecule has 21 heavy (non-hydrogen) atoms. The van der Waals surface area contributed by atoms with Crippen LogP contribution < -0.4 is 10.1 Å². The van der Waals surface area contributed by atoms with Crippen LogP contribution in [0.5, 0.6) is 11.6 Å². The maximum Gasteiger partial charge on any atom is 0.243 e. The number of imidazole rings is 1. The Hall–Kier alpha value is -1.37. The molecule has 1 aliphatic rings. The predicted molar refractivity (Wildman–Crippen MR) is 87.1 cm³/mol. The van der Waals surface area contributed by atoms with Gasteiger partial charge in [-0.25, -0.2) is 0 Å². The Bertz CT molecular complexity index is 778. The van der Waals surface area contributed by atoms with Gasteiger partial charge in [-0.2, -0.15) is 4.98 Å². The van der Waals surface area contributed by atoms with Crippen LogP contribution in [0.25, 0.3) is 4.96 Å². The van der Waals surface area contributed by atoms with Crippen LogP contribution >= 0.6 is 27.3 Å². The second kappa shape index (κ2) is 5.44. The number of rotatable bonds is 5. The van der Waals surface area contributed by atoms with E-state index < -0.39 is 0 Å². The maximum absolute atomic E-state index is 6.02. The third-order valence-electron chi connectivity index (χ3n) is 3.50. The number of nitrogens with one attached hydrogen (secondary N) is 1. The molecule has 1 saturated carbocycles. The van der Waals surface area contributed by atoms with Crippen LogP contribution in [0.15, 0.2) is 40.3 Å². The average Bonchev–Trinajstić information content (AvgIpc) is 3.10. The van der Waals surface area contributed by atoms with Gasteiger partial charge in [-0.15, -0.1) is 11.3 Å². The fourth-order valence-corrected chi connectivity index (χ4v) is 3.31. The standard InChI is InChI=1S/C15H14BrN3OS/c16-11-3-1-2-4-13(11)20-14-12(9-17-10-5-6-10)19-7-8-21-15(19)18-14/h1-4,7-8,10,17H,5-6,9H2. The van der Waals surface area contributed by atoms with Crippen LogP contribution in [0.3, 0.4) is 0 Å². The first-order chi connectivity index (χ1) is 10.3. The minimum absolute atomic E-state index is 0.658. The molecule has 0 unspecified atom stereocenters. The van der Waals surface area contributed by atoms with Gasteiger partial charge in [-0.3, -0.25) is 4.40 Å². The van der Waals surface area contributed by atoms with E-state index in [1.807, 2.05) is 35.8 Å². The number of thiazole rings is 1. The first-order valence-corrected chi connectivity index (χ1v) is 8.59. The Morgan fingerprint density at radius 1 is 1.38 bits per heavy atom. The fraction of sp³-hybridized carbons (Fsp3) is 0.267. The number of fused-ring (bicyclic) bond motifs is 1. The molecule has 1 N–H and O–H groups in total. The molecule has 3 aromatic rings. The van der Waals surface area contributed by atoms with Crippen LogP contribution in [0.2, 0.25) is 0 Å². The molecular formula is C15H14BrN3OS. The molecule has 2 heterocycles. The zero-order valence-electron chi connectivity index (χ0n) is 11.3. The number of hydrogen-bond donors (Lipinski definition) is 1. The normalized spacial score (nSPS) is 14.7. The molecule has 2 aromatic heterocycles. The van der Waals surface area contributed by atoms with Crippen molar-refractivity contribution in [1.82, 2.24) is 14.7 Å². The summed E-state index contributed by atoms with van der Waals surface area (Å²) in [5.41, 5.74) is 1.08. The molecule has 4 nitrogen and oxygen atoms in total. The number of halogens is 1. The quantitative estimate of drug-likeness (QED) is 0.737. The highest BCUT2D eigenvalue weighted by Crippen LogP contribution is 2.32. The summed E-state index contributed by atoms with van der Waals surface area (Å²) < 4.78 is 9.06. The second-order valence-corrected chi connectivity index (χ2v) is 6.83. The van der Waals surface area contributed by atoms with Gasteiger partial charge in [0.05, 0.1) is 4.47 Å². The van der Waals surface area contributed by atoms with E-state index in [0.717, 1.165) is 27.4 Å². The fourth-order valence-electron chi connectivity index (χ4n) is 2.22. The SMILES string of the molecule is Brc1ccccc1Oc1nc2sccn2c1CNC1CC1. The van der Waals surface area contributed by atoms with Crippen LogP contribution in [0.1, 0.15) is 18.5 Å². The smallest absolute Gasteiger partial charge is 0.243 e. The lowest BCUT2D eigenvalue weighted by Crippen LogP contribution is -2.16. The number of benzene rings is 1. The van der Waals surface area contributed by atoms with Crippen molar-refractivity contribution < 1.29 is 4.74 Å². The van der Waals surface area contributed by atoms with E-state index >= 15 is 0 Å². The Labute approximate surface area is 134 Å². The first kappa shape index (κ1) is 13.3. The van der Waals surface area contributed by atoms with Crippen molar-refractivity contribution in [3.8, 4) is 11.6 Å². The van der Waals surface area contributed by atoms with Crippen LogP contribution in [0, 0.1) is 0 Å². The van der Waals surface area contributed by atoms with Crippen molar-refractivity contribution >= 4 is 32.2 Å². The predicted octanol–water partition coefficient (Wildman–Crippen LogP) is 4.20. The molecule has 0 bridgehead atoms. The van der Waals surface area contributed by atoms with Crippen molar-refractivity contribution in [2.24, 2.45) is 0 Å². The van der Waals surface area contributed by atoms with Gasteiger partial charge in [0.2, 0.25) is 5.88 Å². The van der Waals surface area contributed by atoms with E-state index in [1.54, 1.807) is 11.3 Å². The summed E-state index contributed by atoms with van der Waals surface area (Å²) in [7, 11) is 0. The van der Waals surface area contributed by atoms with Gasteiger partial charge in [0.15, 0.2) is 4.96 Å². The zero-order chi connectivity index (χ0) is 14.2. The highest BCUT2D eigenvalue weighted by Gasteiger charge is 2.23. The van der Waals surface area contributed by atoms with E-state index in [-0.39, 0.29) is 0 Å². The second-order valence-electron chi connectivity index (χ2n) is 5.11.